The van der Waals surface area contributed by atoms with Gasteiger partial charge in [-0.2, -0.15) is 0 Å². The molecule has 4 nitrogen and oxygen atoms in total. The van der Waals surface area contributed by atoms with Gasteiger partial charge in [0.25, 0.3) is 5.91 Å². The normalized spacial score (nSPS) is 13.9. The first-order chi connectivity index (χ1) is 11.2. The molecule has 4 rings (SSSR count). The summed E-state index contributed by atoms with van der Waals surface area (Å²) in [4.78, 5) is 17.4. The summed E-state index contributed by atoms with van der Waals surface area (Å²) in [6.45, 7) is 1.68. The van der Waals surface area contributed by atoms with Crippen molar-refractivity contribution >= 4 is 61.1 Å². The third kappa shape index (κ3) is 2.73. The number of halogens is 1. The third-order valence-corrected chi connectivity index (χ3v) is 6.31. The topological polar surface area (TPSA) is 53.5 Å². The Morgan fingerprint density at radius 1 is 1.26 bits per heavy atom. The Morgan fingerprint density at radius 3 is 2.78 bits per heavy atom. The van der Waals surface area contributed by atoms with Gasteiger partial charge < -0.3 is 10.6 Å². The Morgan fingerprint density at radius 2 is 2.09 bits per heavy atom. The molecule has 0 aliphatic carbocycles. The molecule has 1 aliphatic heterocycles. The lowest BCUT2D eigenvalue weighted by atomic mass is 10.2. The monoisotopic (exact) mass is 361 g/mol. The van der Waals surface area contributed by atoms with Gasteiger partial charge in [-0.3, -0.25) is 9.79 Å². The van der Waals surface area contributed by atoms with Crippen molar-refractivity contribution in [3.05, 3.63) is 51.2 Å². The SMILES string of the molecule is O=C(Nc1ccc(C2=NCCN2)cc1)c1sc2sccc2c1Cl. The Kier molecular flexibility index (Phi) is 3.80. The van der Waals surface area contributed by atoms with Gasteiger partial charge in [-0.15, -0.1) is 22.7 Å². The van der Waals surface area contributed by atoms with Crippen LogP contribution >= 0.6 is 34.3 Å². The van der Waals surface area contributed by atoms with Crippen LogP contribution in [0.5, 0.6) is 0 Å². The van der Waals surface area contributed by atoms with E-state index in [-0.39, 0.29) is 5.91 Å². The number of amides is 1. The fraction of sp³-hybridized carbons (Fsp3) is 0.125. The minimum atomic E-state index is -0.174. The lowest BCUT2D eigenvalue weighted by Gasteiger charge is -2.06. The fourth-order valence-electron chi connectivity index (χ4n) is 2.43. The average Bonchev–Trinajstić information content (AvgIpc) is 3.27. The summed E-state index contributed by atoms with van der Waals surface area (Å²) in [6.07, 6.45) is 0. The number of thiophene rings is 2. The van der Waals surface area contributed by atoms with Gasteiger partial charge in [0.15, 0.2) is 0 Å². The third-order valence-electron chi connectivity index (χ3n) is 3.56. The molecule has 0 saturated carbocycles. The van der Waals surface area contributed by atoms with Gasteiger partial charge in [-0.05, 0) is 35.7 Å². The van der Waals surface area contributed by atoms with Crippen molar-refractivity contribution in [2.24, 2.45) is 4.99 Å². The Labute approximate surface area is 145 Å². The Bertz CT molecular complexity index is 911. The number of carbonyl (C=O) groups is 1. The molecule has 7 heteroatoms. The van der Waals surface area contributed by atoms with E-state index in [1.807, 2.05) is 35.7 Å². The number of hydrogen-bond acceptors (Lipinski definition) is 5. The van der Waals surface area contributed by atoms with Crippen molar-refractivity contribution in [2.75, 3.05) is 18.4 Å². The number of aliphatic imine (C=N–C) groups is 1. The molecule has 116 valence electrons. The number of carbonyl (C=O) groups excluding carboxylic acids is 1. The molecule has 0 unspecified atom stereocenters. The summed E-state index contributed by atoms with van der Waals surface area (Å²) in [5.74, 6) is 0.733. The lowest BCUT2D eigenvalue weighted by molar-refractivity contribution is 0.103. The van der Waals surface area contributed by atoms with Gasteiger partial charge >= 0.3 is 0 Å². The number of amidine groups is 1. The van der Waals surface area contributed by atoms with Crippen LogP contribution in [0.4, 0.5) is 5.69 Å². The van der Waals surface area contributed by atoms with Crippen molar-refractivity contribution < 1.29 is 4.79 Å². The highest BCUT2D eigenvalue weighted by Gasteiger charge is 2.18. The molecule has 3 aromatic rings. The van der Waals surface area contributed by atoms with Crippen LogP contribution < -0.4 is 10.6 Å². The van der Waals surface area contributed by atoms with E-state index in [1.54, 1.807) is 11.3 Å². The van der Waals surface area contributed by atoms with Gasteiger partial charge in [0.2, 0.25) is 0 Å². The van der Waals surface area contributed by atoms with E-state index < -0.39 is 0 Å². The summed E-state index contributed by atoms with van der Waals surface area (Å²) in [7, 11) is 0. The zero-order chi connectivity index (χ0) is 15.8. The van der Waals surface area contributed by atoms with E-state index in [9.17, 15) is 4.79 Å². The van der Waals surface area contributed by atoms with E-state index in [0.717, 1.165) is 39.6 Å². The second-order valence-corrected chi connectivity index (χ2v) is 7.63. The molecule has 1 aliphatic rings. The number of anilines is 1. The highest BCUT2D eigenvalue weighted by Crippen LogP contribution is 2.38. The van der Waals surface area contributed by atoms with Gasteiger partial charge in [-0.1, -0.05) is 11.6 Å². The van der Waals surface area contributed by atoms with Crippen LogP contribution in [-0.4, -0.2) is 24.8 Å². The van der Waals surface area contributed by atoms with E-state index in [1.165, 1.54) is 11.3 Å². The minimum absolute atomic E-state index is 0.174. The molecule has 2 aromatic heterocycles. The number of benzene rings is 1. The summed E-state index contributed by atoms with van der Waals surface area (Å²) in [5.41, 5.74) is 1.76. The van der Waals surface area contributed by atoms with Crippen LogP contribution in [0.1, 0.15) is 15.2 Å². The van der Waals surface area contributed by atoms with Crippen LogP contribution in [0.3, 0.4) is 0 Å². The van der Waals surface area contributed by atoms with E-state index in [2.05, 4.69) is 15.6 Å². The van der Waals surface area contributed by atoms with Crippen molar-refractivity contribution in [3.8, 4) is 0 Å². The number of hydrogen-bond donors (Lipinski definition) is 2. The van der Waals surface area contributed by atoms with Crippen molar-refractivity contribution in [2.45, 2.75) is 0 Å². The number of fused-ring (bicyclic) bond motifs is 1. The molecular weight excluding hydrogens is 350 g/mol. The first-order valence-corrected chi connectivity index (χ1v) is 9.15. The van der Waals surface area contributed by atoms with Crippen molar-refractivity contribution in [1.29, 1.82) is 0 Å². The second-order valence-electron chi connectivity index (χ2n) is 5.06. The average molecular weight is 362 g/mol. The highest BCUT2D eigenvalue weighted by atomic mass is 35.5. The quantitative estimate of drug-likeness (QED) is 0.733. The summed E-state index contributed by atoms with van der Waals surface area (Å²) in [6, 6.07) is 9.58. The molecule has 0 saturated heterocycles. The van der Waals surface area contributed by atoms with Gasteiger partial charge in [0.1, 0.15) is 10.7 Å². The molecule has 23 heavy (non-hydrogen) atoms. The maximum atomic E-state index is 12.4. The Balaban J connectivity index is 1.54. The molecule has 0 atom stereocenters. The van der Waals surface area contributed by atoms with Gasteiger partial charge in [-0.25, -0.2) is 0 Å². The summed E-state index contributed by atoms with van der Waals surface area (Å²) < 4.78 is 1.07. The zero-order valence-electron chi connectivity index (χ0n) is 11.9. The van der Waals surface area contributed by atoms with Gasteiger partial charge in [0.05, 0.1) is 15.6 Å². The van der Waals surface area contributed by atoms with E-state index in [0.29, 0.717) is 9.90 Å². The molecule has 0 spiro atoms. The van der Waals surface area contributed by atoms with Crippen LogP contribution in [-0.2, 0) is 0 Å². The summed E-state index contributed by atoms with van der Waals surface area (Å²) >= 11 is 9.33. The largest absolute Gasteiger partial charge is 0.368 e. The van der Waals surface area contributed by atoms with E-state index in [4.69, 9.17) is 11.6 Å². The molecule has 0 radical (unpaired) electrons. The van der Waals surface area contributed by atoms with E-state index >= 15 is 0 Å². The molecule has 1 amide bonds. The first kappa shape index (κ1) is 14.7. The number of nitrogens with one attached hydrogen (secondary N) is 2. The second kappa shape index (κ2) is 5.96. The first-order valence-electron chi connectivity index (χ1n) is 7.08. The molecule has 0 bridgehead atoms. The number of nitrogens with zero attached hydrogens (tertiary/aromatic N) is 1. The van der Waals surface area contributed by atoms with Crippen LogP contribution in [0.2, 0.25) is 5.02 Å². The maximum Gasteiger partial charge on any atom is 0.267 e. The highest BCUT2D eigenvalue weighted by molar-refractivity contribution is 7.38. The molecule has 2 N–H and O–H groups in total. The molecule has 0 fully saturated rings. The Hall–Kier alpha value is -1.89. The van der Waals surface area contributed by atoms with Crippen LogP contribution in [0, 0.1) is 0 Å². The molecule has 1 aromatic carbocycles. The van der Waals surface area contributed by atoms with Crippen molar-refractivity contribution in [3.63, 3.8) is 0 Å². The zero-order valence-corrected chi connectivity index (χ0v) is 14.3. The summed E-state index contributed by atoms with van der Waals surface area (Å²) in [5, 5.41) is 9.59. The van der Waals surface area contributed by atoms with Crippen molar-refractivity contribution in [1.82, 2.24) is 5.32 Å². The van der Waals surface area contributed by atoms with Gasteiger partial charge in [0, 0.05) is 23.2 Å². The predicted molar refractivity (Wildman–Crippen MR) is 98.5 cm³/mol. The maximum absolute atomic E-state index is 12.4. The smallest absolute Gasteiger partial charge is 0.267 e. The molecule has 3 heterocycles. The van der Waals surface area contributed by atoms with Crippen LogP contribution in [0.15, 0.2) is 40.7 Å². The molecular formula is C16H12ClN3OS2. The van der Waals surface area contributed by atoms with Crippen LogP contribution in [0.25, 0.3) is 9.40 Å². The minimum Gasteiger partial charge on any atom is -0.368 e. The lowest BCUT2D eigenvalue weighted by Crippen LogP contribution is -2.19. The predicted octanol–water partition coefficient (Wildman–Crippen LogP) is 4.22. The number of rotatable bonds is 3. The fourth-order valence-corrected chi connectivity index (χ4v) is 4.95. The standard InChI is InChI=1S/C16H12ClN3OS2/c17-12-11-5-8-22-16(11)23-13(12)15(21)20-10-3-1-9(2-4-10)14-18-6-7-19-14/h1-5,8H,6-7H2,(H,18,19)(H,20,21).